The monoisotopic (exact) mass is 511 g/mol. The van der Waals surface area contributed by atoms with Crippen LogP contribution in [0.1, 0.15) is 41.8 Å². The van der Waals surface area contributed by atoms with Gasteiger partial charge in [-0.1, -0.05) is 35.9 Å². The van der Waals surface area contributed by atoms with Gasteiger partial charge in [-0.05, 0) is 41.8 Å². The Morgan fingerprint density at radius 2 is 1.89 bits per heavy atom. The largest absolute Gasteiger partial charge is 0.389 e. The summed E-state index contributed by atoms with van der Waals surface area (Å²) in [6.07, 6.45) is -5.00. The van der Waals surface area contributed by atoms with E-state index in [1.54, 1.807) is 25.2 Å². The molecule has 192 valence electrons. The van der Waals surface area contributed by atoms with Crippen LogP contribution in [0.4, 0.5) is 24.5 Å². The lowest BCUT2D eigenvalue weighted by molar-refractivity contribution is -0.134. The first-order valence-electron chi connectivity index (χ1n) is 11.7. The summed E-state index contributed by atoms with van der Waals surface area (Å²) in [4.78, 5) is 28.7. The third kappa shape index (κ3) is 4.43. The lowest BCUT2D eigenvalue weighted by Gasteiger charge is -2.35. The molecule has 1 atom stereocenters. The Morgan fingerprint density at radius 3 is 2.57 bits per heavy atom. The zero-order valence-electron chi connectivity index (χ0n) is 20.1. The van der Waals surface area contributed by atoms with Gasteiger partial charge in [0, 0.05) is 37.7 Å². The van der Waals surface area contributed by atoms with Gasteiger partial charge in [-0.15, -0.1) is 10.2 Å². The number of aryl methyl sites for hydroxylation is 1. The topological polar surface area (TPSA) is 116 Å². The normalized spacial score (nSPS) is 19.4. The van der Waals surface area contributed by atoms with E-state index in [9.17, 15) is 22.8 Å². The average Bonchev–Trinajstić information content (AvgIpc) is 3.45. The van der Waals surface area contributed by atoms with E-state index in [2.05, 4.69) is 31.3 Å². The maximum absolute atomic E-state index is 13.7. The maximum atomic E-state index is 13.7. The van der Waals surface area contributed by atoms with Gasteiger partial charge < -0.3 is 15.5 Å². The second kappa shape index (κ2) is 9.02. The molecule has 2 aliphatic heterocycles. The van der Waals surface area contributed by atoms with Gasteiger partial charge in [0.15, 0.2) is 5.54 Å². The number of aromatic nitrogens is 4. The summed E-state index contributed by atoms with van der Waals surface area (Å²) < 4.78 is 37.4. The van der Waals surface area contributed by atoms with E-state index >= 15 is 0 Å². The first-order chi connectivity index (χ1) is 17.6. The van der Waals surface area contributed by atoms with Crippen molar-refractivity contribution in [2.45, 2.75) is 37.9 Å². The van der Waals surface area contributed by atoms with Crippen molar-refractivity contribution in [1.82, 2.24) is 25.9 Å². The molecule has 12 heteroatoms. The number of likely N-dealkylation sites (N-methyl/N-ethyl adjacent to an activating group) is 1. The standard InChI is InChI=1S/C25H24F3N7O2/c1-14-4-6-15(7-5-14)17-13-24(30-22(36)20(17)21-31-33-34-32-21)18-9-8-16(12-19(18)35(2)23(24)37)29-11-3-10-25(26,27)28/h4-9,12,29H,3,10-11,13H2,1-2H3,(H,30,36)(H,31,32,33,34). The number of nitrogens with zero attached hydrogens (tertiary/aromatic N) is 4. The molecule has 37 heavy (non-hydrogen) atoms. The molecule has 3 N–H and O–H groups in total. The molecule has 5 rings (SSSR count). The highest BCUT2D eigenvalue weighted by Gasteiger charge is 2.54. The highest BCUT2D eigenvalue weighted by molar-refractivity contribution is 6.29. The number of tetrazole rings is 1. The van der Waals surface area contributed by atoms with Crippen LogP contribution in [0.25, 0.3) is 11.1 Å². The fourth-order valence-corrected chi connectivity index (χ4v) is 4.90. The molecule has 2 aromatic carbocycles. The molecule has 3 aromatic rings. The highest BCUT2D eigenvalue weighted by Crippen LogP contribution is 2.49. The molecule has 0 fully saturated rings. The summed E-state index contributed by atoms with van der Waals surface area (Å²) in [6, 6.07) is 12.8. The third-order valence-electron chi connectivity index (χ3n) is 6.72. The van der Waals surface area contributed by atoms with Gasteiger partial charge in [0.2, 0.25) is 5.82 Å². The Bertz CT molecular complexity index is 1380. The van der Waals surface area contributed by atoms with E-state index in [4.69, 9.17) is 0 Å². The Kier molecular flexibility index (Phi) is 5.97. The van der Waals surface area contributed by atoms with Gasteiger partial charge in [-0.3, -0.25) is 9.59 Å². The summed E-state index contributed by atoms with van der Waals surface area (Å²) in [5, 5.41) is 19.8. The third-order valence-corrected chi connectivity index (χ3v) is 6.72. The van der Waals surface area contributed by atoms with E-state index in [1.807, 2.05) is 31.2 Å². The van der Waals surface area contributed by atoms with E-state index in [0.29, 0.717) is 22.5 Å². The van der Waals surface area contributed by atoms with Gasteiger partial charge in [-0.25, -0.2) is 0 Å². The van der Waals surface area contributed by atoms with Crippen LogP contribution in [0.2, 0.25) is 0 Å². The molecule has 0 bridgehead atoms. The van der Waals surface area contributed by atoms with Crippen LogP contribution in [0, 0.1) is 6.92 Å². The zero-order chi connectivity index (χ0) is 26.4. The van der Waals surface area contributed by atoms with Crippen LogP contribution in [0.15, 0.2) is 42.5 Å². The average molecular weight is 512 g/mol. The number of alkyl halides is 3. The number of carbonyl (C=O) groups excluding carboxylic acids is 2. The molecule has 1 aromatic heterocycles. The number of carbonyl (C=O) groups is 2. The number of H-pyrrole nitrogens is 1. The van der Waals surface area contributed by atoms with Crippen molar-refractivity contribution in [2.75, 3.05) is 23.8 Å². The minimum Gasteiger partial charge on any atom is -0.385 e. The predicted octanol–water partition coefficient (Wildman–Crippen LogP) is 3.57. The number of hydrogen-bond acceptors (Lipinski definition) is 6. The van der Waals surface area contributed by atoms with E-state index in [0.717, 1.165) is 11.1 Å². The van der Waals surface area contributed by atoms with Crippen LogP contribution in [0.5, 0.6) is 0 Å². The van der Waals surface area contributed by atoms with Gasteiger partial charge in [-0.2, -0.15) is 18.4 Å². The quantitative estimate of drug-likeness (QED) is 0.436. The highest BCUT2D eigenvalue weighted by atomic mass is 19.4. The molecule has 0 saturated heterocycles. The van der Waals surface area contributed by atoms with Crippen molar-refractivity contribution in [1.29, 1.82) is 0 Å². The number of hydrogen-bond donors (Lipinski definition) is 3. The lowest BCUT2D eigenvalue weighted by Crippen LogP contribution is -2.55. The van der Waals surface area contributed by atoms with Crippen molar-refractivity contribution in [2.24, 2.45) is 0 Å². The molecule has 0 saturated carbocycles. The molecule has 1 unspecified atom stereocenters. The van der Waals surface area contributed by atoms with Gasteiger partial charge in [0.05, 0.1) is 11.3 Å². The van der Waals surface area contributed by atoms with Crippen molar-refractivity contribution in [3.63, 3.8) is 0 Å². The van der Waals surface area contributed by atoms with Crippen LogP contribution in [-0.2, 0) is 15.1 Å². The van der Waals surface area contributed by atoms with Crippen LogP contribution in [0.3, 0.4) is 0 Å². The molecule has 1 spiro atoms. The first-order valence-corrected chi connectivity index (χ1v) is 11.7. The van der Waals surface area contributed by atoms with Crippen LogP contribution >= 0.6 is 0 Å². The van der Waals surface area contributed by atoms with Crippen molar-refractivity contribution >= 4 is 34.3 Å². The van der Waals surface area contributed by atoms with Crippen molar-refractivity contribution < 1.29 is 22.8 Å². The van der Waals surface area contributed by atoms with Crippen LogP contribution < -0.4 is 15.5 Å². The number of benzene rings is 2. The second-order valence-electron chi connectivity index (χ2n) is 9.23. The number of amides is 2. The number of aromatic amines is 1. The Balaban J connectivity index is 1.52. The molecule has 2 aliphatic rings. The summed E-state index contributed by atoms with van der Waals surface area (Å²) in [6.45, 7) is 2.08. The minimum absolute atomic E-state index is 0.0705. The smallest absolute Gasteiger partial charge is 0.385 e. The number of anilines is 2. The number of fused-ring (bicyclic) bond motifs is 2. The Morgan fingerprint density at radius 1 is 1.14 bits per heavy atom. The Hall–Kier alpha value is -4.22. The van der Waals surface area contributed by atoms with Gasteiger partial charge in [0.1, 0.15) is 0 Å². The molecular formula is C25H24F3N7O2. The molecule has 0 radical (unpaired) electrons. The minimum atomic E-state index is -4.21. The fraction of sp³-hybridized carbons (Fsp3) is 0.320. The summed E-state index contributed by atoms with van der Waals surface area (Å²) >= 11 is 0. The molecule has 9 nitrogen and oxygen atoms in total. The number of rotatable bonds is 6. The van der Waals surface area contributed by atoms with E-state index < -0.39 is 24.0 Å². The SMILES string of the molecule is Cc1ccc(C2=C(c3nn[nH]n3)C(=O)NC3(C2)C(=O)N(C)c2cc(NCCCC(F)(F)F)ccc23)cc1. The summed E-state index contributed by atoms with van der Waals surface area (Å²) in [5.41, 5.74) is 3.03. The fourth-order valence-electron chi connectivity index (χ4n) is 4.90. The summed E-state index contributed by atoms with van der Waals surface area (Å²) in [5.74, 6) is -0.700. The van der Waals surface area contributed by atoms with Gasteiger partial charge >= 0.3 is 6.18 Å². The number of halogens is 3. The predicted molar refractivity (Wildman–Crippen MR) is 130 cm³/mol. The van der Waals surface area contributed by atoms with Gasteiger partial charge in [0.25, 0.3) is 11.8 Å². The maximum Gasteiger partial charge on any atom is 0.389 e. The molecule has 0 aliphatic carbocycles. The zero-order valence-corrected chi connectivity index (χ0v) is 20.1. The molecule has 3 heterocycles. The Labute approximate surface area is 210 Å². The molecule has 2 amide bonds. The molecular weight excluding hydrogens is 487 g/mol. The van der Waals surface area contributed by atoms with Crippen molar-refractivity contribution in [3.05, 3.63) is 65.0 Å². The van der Waals surface area contributed by atoms with Crippen molar-refractivity contribution in [3.8, 4) is 0 Å². The summed E-state index contributed by atoms with van der Waals surface area (Å²) in [7, 11) is 1.61. The number of nitrogens with one attached hydrogen (secondary N) is 3. The second-order valence-corrected chi connectivity index (χ2v) is 9.23. The van der Waals surface area contributed by atoms with Crippen LogP contribution in [-0.4, -0.2) is 52.2 Å². The lowest BCUT2D eigenvalue weighted by atomic mass is 9.77. The van der Waals surface area contributed by atoms with E-state index in [-0.39, 0.29) is 36.7 Å². The first kappa shape index (κ1) is 24.5. The van der Waals surface area contributed by atoms with E-state index in [1.165, 1.54) is 4.90 Å².